The van der Waals surface area contributed by atoms with E-state index in [4.69, 9.17) is 4.42 Å². The third kappa shape index (κ3) is 2.38. The van der Waals surface area contributed by atoms with E-state index in [-0.39, 0.29) is 17.5 Å². The van der Waals surface area contributed by atoms with Crippen molar-refractivity contribution >= 4 is 28.3 Å². The molecule has 0 saturated heterocycles. The van der Waals surface area contributed by atoms with E-state index in [1.54, 1.807) is 13.1 Å². The lowest BCUT2D eigenvalue weighted by atomic mass is 9.94. The summed E-state index contributed by atoms with van der Waals surface area (Å²) in [5.41, 5.74) is 2.67. The molecule has 1 aromatic carbocycles. The number of para-hydroxylation sites is 1. The van der Waals surface area contributed by atoms with Gasteiger partial charge in [-0.05, 0) is 25.5 Å². The van der Waals surface area contributed by atoms with E-state index in [9.17, 15) is 9.59 Å². The summed E-state index contributed by atoms with van der Waals surface area (Å²) >= 11 is 0. The fourth-order valence-corrected chi connectivity index (χ4v) is 3.19. The highest BCUT2D eigenvalue weighted by molar-refractivity contribution is 6.07. The fourth-order valence-electron chi connectivity index (χ4n) is 3.19. The molecule has 120 valence electrons. The summed E-state index contributed by atoms with van der Waals surface area (Å²) in [4.78, 5) is 28.9. The molecular weight excluding hydrogens is 304 g/mol. The zero-order valence-electron chi connectivity index (χ0n) is 13.3. The van der Waals surface area contributed by atoms with Gasteiger partial charge in [-0.2, -0.15) is 0 Å². The maximum atomic E-state index is 12.6. The van der Waals surface area contributed by atoms with Crippen molar-refractivity contribution in [3.63, 3.8) is 0 Å². The molecule has 2 aromatic heterocycles. The number of aromatic nitrogens is 1. The number of benzene rings is 1. The van der Waals surface area contributed by atoms with Gasteiger partial charge in [0.05, 0.1) is 23.0 Å². The molecule has 0 spiro atoms. The molecule has 0 atom stereocenters. The van der Waals surface area contributed by atoms with Crippen LogP contribution in [0.5, 0.6) is 0 Å². The number of amides is 1. The summed E-state index contributed by atoms with van der Waals surface area (Å²) in [5.74, 6) is 0.546. The number of Topliss-reactive ketones (excluding diaryl/α,β-unsaturated/α-hetero) is 1. The number of nitrogens with one attached hydrogen (secondary N) is 1. The van der Waals surface area contributed by atoms with Gasteiger partial charge in [0.15, 0.2) is 11.5 Å². The smallest absolute Gasteiger partial charge is 0.291 e. The van der Waals surface area contributed by atoms with Crippen molar-refractivity contribution in [1.29, 1.82) is 0 Å². The van der Waals surface area contributed by atoms with Gasteiger partial charge in [0, 0.05) is 23.8 Å². The van der Waals surface area contributed by atoms with Crippen LogP contribution >= 0.6 is 0 Å². The standard InChI is InChI=1S/C19H16N2O3/c1-11-17-15(22)7-4-8-16(17)24-18(11)19(23)21-13-9-12-5-2-3-6-14(12)20-10-13/h2-3,5-6,9-10H,4,7-8H2,1H3,(H,21,23). The Morgan fingerprint density at radius 1 is 1.25 bits per heavy atom. The average molecular weight is 320 g/mol. The van der Waals surface area contributed by atoms with Gasteiger partial charge in [0.25, 0.3) is 5.91 Å². The zero-order chi connectivity index (χ0) is 16.7. The average Bonchev–Trinajstić information content (AvgIpc) is 2.93. The minimum absolute atomic E-state index is 0.0592. The summed E-state index contributed by atoms with van der Waals surface area (Å²) in [6.45, 7) is 1.76. The van der Waals surface area contributed by atoms with Crippen molar-refractivity contribution < 1.29 is 14.0 Å². The van der Waals surface area contributed by atoms with Crippen LogP contribution in [0.1, 0.15) is 45.1 Å². The number of hydrogen-bond donors (Lipinski definition) is 1. The molecule has 3 aromatic rings. The molecule has 5 nitrogen and oxygen atoms in total. The second kappa shape index (κ2) is 5.60. The van der Waals surface area contributed by atoms with Crippen LogP contribution in [0.2, 0.25) is 0 Å². The van der Waals surface area contributed by atoms with Crippen LogP contribution in [-0.2, 0) is 6.42 Å². The molecule has 0 radical (unpaired) electrons. The number of anilines is 1. The Kier molecular flexibility index (Phi) is 3.41. The number of fused-ring (bicyclic) bond motifs is 2. The second-order valence-electron chi connectivity index (χ2n) is 6.00. The summed E-state index contributed by atoms with van der Waals surface area (Å²) in [5, 5.41) is 3.75. The first-order valence-corrected chi connectivity index (χ1v) is 7.95. The Morgan fingerprint density at radius 2 is 2.08 bits per heavy atom. The number of hydrogen-bond acceptors (Lipinski definition) is 4. The van der Waals surface area contributed by atoms with Crippen molar-refractivity contribution in [3.05, 3.63) is 59.2 Å². The predicted molar refractivity (Wildman–Crippen MR) is 90.4 cm³/mol. The van der Waals surface area contributed by atoms with Crippen LogP contribution in [0.4, 0.5) is 5.69 Å². The van der Waals surface area contributed by atoms with Crippen LogP contribution in [0.15, 0.2) is 40.9 Å². The molecule has 0 saturated carbocycles. The molecule has 1 N–H and O–H groups in total. The minimum Gasteiger partial charge on any atom is -0.455 e. The molecule has 5 heteroatoms. The van der Waals surface area contributed by atoms with Crippen LogP contribution in [0.3, 0.4) is 0 Å². The summed E-state index contributed by atoms with van der Waals surface area (Å²) in [6.07, 6.45) is 3.60. The monoisotopic (exact) mass is 320 g/mol. The Hall–Kier alpha value is -2.95. The van der Waals surface area contributed by atoms with E-state index < -0.39 is 0 Å². The van der Waals surface area contributed by atoms with Crippen LogP contribution in [0.25, 0.3) is 10.9 Å². The van der Waals surface area contributed by atoms with Crippen molar-refractivity contribution in [2.45, 2.75) is 26.2 Å². The molecular formula is C19H16N2O3. The number of nitrogens with zero attached hydrogens (tertiary/aromatic N) is 1. The van der Waals surface area contributed by atoms with Gasteiger partial charge < -0.3 is 9.73 Å². The van der Waals surface area contributed by atoms with Crippen LogP contribution in [0, 0.1) is 6.92 Å². The molecule has 1 amide bonds. The lowest BCUT2D eigenvalue weighted by Crippen LogP contribution is -2.13. The topological polar surface area (TPSA) is 72.2 Å². The van der Waals surface area contributed by atoms with Crippen molar-refractivity contribution in [3.8, 4) is 0 Å². The third-order valence-corrected chi connectivity index (χ3v) is 4.36. The quantitative estimate of drug-likeness (QED) is 0.777. The first-order valence-electron chi connectivity index (χ1n) is 7.95. The first-order chi connectivity index (χ1) is 11.6. The first kappa shape index (κ1) is 14.6. The molecule has 0 bridgehead atoms. The van der Waals surface area contributed by atoms with Crippen LogP contribution < -0.4 is 5.32 Å². The van der Waals surface area contributed by atoms with E-state index >= 15 is 0 Å². The number of carbonyl (C=O) groups is 2. The molecule has 0 aliphatic heterocycles. The number of carbonyl (C=O) groups excluding carboxylic acids is 2. The van der Waals surface area contributed by atoms with E-state index in [1.807, 2.05) is 30.3 Å². The molecule has 1 aliphatic carbocycles. The fraction of sp³-hybridized carbons (Fsp3) is 0.211. The van der Waals surface area contributed by atoms with Gasteiger partial charge >= 0.3 is 0 Å². The molecule has 0 unspecified atom stereocenters. The van der Waals surface area contributed by atoms with Gasteiger partial charge in [-0.3, -0.25) is 14.6 Å². The normalized spacial score (nSPS) is 13.8. The lowest BCUT2D eigenvalue weighted by Gasteiger charge is -2.07. The van der Waals surface area contributed by atoms with Gasteiger partial charge in [0.1, 0.15) is 5.76 Å². The largest absolute Gasteiger partial charge is 0.455 e. The van der Waals surface area contributed by atoms with Crippen molar-refractivity contribution in [1.82, 2.24) is 4.98 Å². The molecule has 2 heterocycles. The predicted octanol–water partition coefficient (Wildman–Crippen LogP) is 3.91. The number of rotatable bonds is 2. The van der Waals surface area contributed by atoms with E-state index in [0.717, 1.165) is 17.3 Å². The van der Waals surface area contributed by atoms with E-state index in [0.29, 0.717) is 35.4 Å². The van der Waals surface area contributed by atoms with Gasteiger partial charge in [-0.25, -0.2) is 0 Å². The van der Waals surface area contributed by atoms with Crippen molar-refractivity contribution in [2.75, 3.05) is 5.32 Å². The molecule has 4 rings (SSSR count). The maximum Gasteiger partial charge on any atom is 0.291 e. The summed E-state index contributed by atoms with van der Waals surface area (Å²) in [7, 11) is 0. The van der Waals surface area contributed by atoms with Gasteiger partial charge in [0.2, 0.25) is 0 Å². The number of aryl methyl sites for hydroxylation is 1. The molecule has 1 aliphatic rings. The lowest BCUT2D eigenvalue weighted by molar-refractivity contribution is 0.0963. The van der Waals surface area contributed by atoms with E-state index in [1.165, 1.54) is 0 Å². The summed E-state index contributed by atoms with van der Waals surface area (Å²) < 4.78 is 5.68. The highest BCUT2D eigenvalue weighted by Crippen LogP contribution is 2.30. The van der Waals surface area contributed by atoms with Crippen LogP contribution in [-0.4, -0.2) is 16.7 Å². The summed E-state index contributed by atoms with van der Waals surface area (Å²) in [6, 6.07) is 9.56. The zero-order valence-corrected chi connectivity index (χ0v) is 13.3. The van der Waals surface area contributed by atoms with E-state index in [2.05, 4.69) is 10.3 Å². The molecule has 0 fully saturated rings. The second-order valence-corrected chi connectivity index (χ2v) is 6.00. The Morgan fingerprint density at radius 3 is 2.92 bits per heavy atom. The van der Waals surface area contributed by atoms with Crippen molar-refractivity contribution in [2.24, 2.45) is 0 Å². The Bertz CT molecular complexity index is 972. The highest BCUT2D eigenvalue weighted by atomic mass is 16.4. The number of furan rings is 1. The van der Waals surface area contributed by atoms with Gasteiger partial charge in [-0.1, -0.05) is 18.2 Å². The maximum absolute atomic E-state index is 12.6. The minimum atomic E-state index is -0.355. The number of ketones is 1. The third-order valence-electron chi connectivity index (χ3n) is 4.36. The number of pyridine rings is 1. The highest BCUT2D eigenvalue weighted by Gasteiger charge is 2.28. The SMILES string of the molecule is Cc1c(C(=O)Nc2cnc3ccccc3c2)oc2c1C(=O)CCC2. The molecule has 24 heavy (non-hydrogen) atoms. The van der Waals surface area contributed by atoms with Gasteiger partial charge in [-0.15, -0.1) is 0 Å². The Balaban J connectivity index is 1.65. The Labute approximate surface area is 138 Å².